The first-order chi connectivity index (χ1) is 4.22. The van der Waals surface area contributed by atoms with Gasteiger partial charge in [-0.1, -0.05) is 47.8 Å². The molecule has 0 aromatic rings. The second-order valence-corrected chi connectivity index (χ2v) is 4.33. The SMILES string of the molecule is OC(CBr)C(Br)CCBr. The largest absolute Gasteiger partial charge is 0.391 e. The van der Waals surface area contributed by atoms with Crippen molar-refractivity contribution < 1.29 is 5.11 Å². The number of halogens is 3. The van der Waals surface area contributed by atoms with E-state index in [1.807, 2.05) is 0 Å². The van der Waals surface area contributed by atoms with Gasteiger partial charge in [-0.25, -0.2) is 0 Å². The van der Waals surface area contributed by atoms with Crippen molar-refractivity contribution in [3.05, 3.63) is 0 Å². The summed E-state index contributed by atoms with van der Waals surface area (Å²) in [5.41, 5.74) is 0. The fourth-order valence-corrected chi connectivity index (χ4v) is 2.87. The third-order valence-electron chi connectivity index (χ3n) is 0.960. The molecule has 4 heteroatoms. The van der Waals surface area contributed by atoms with E-state index < -0.39 is 0 Å². The van der Waals surface area contributed by atoms with Gasteiger partial charge in [-0.15, -0.1) is 0 Å². The summed E-state index contributed by atoms with van der Waals surface area (Å²) in [5.74, 6) is 0. The first-order valence-electron chi connectivity index (χ1n) is 2.66. The molecule has 2 unspecified atom stereocenters. The van der Waals surface area contributed by atoms with E-state index in [0.717, 1.165) is 11.8 Å². The highest BCUT2D eigenvalue weighted by molar-refractivity contribution is 9.10. The molecule has 0 aliphatic heterocycles. The van der Waals surface area contributed by atoms with Gasteiger partial charge in [0.25, 0.3) is 0 Å². The Morgan fingerprint density at radius 1 is 1.33 bits per heavy atom. The molecule has 0 aromatic carbocycles. The van der Waals surface area contributed by atoms with Gasteiger partial charge in [0, 0.05) is 15.5 Å². The Morgan fingerprint density at radius 3 is 2.22 bits per heavy atom. The summed E-state index contributed by atoms with van der Waals surface area (Å²) in [6.45, 7) is 0. The van der Waals surface area contributed by atoms with Crippen LogP contribution in [0.3, 0.4) is 0 Å². The molecule has 1 nitrogen and oxygen atoms in total. The smallest absolute Gasteiger partial charge is 0.0762 e. The standard InChI is InChI=1S/C5H9Br3O/c6-2-1-4(8)5(9)3-7/h4-5,9H,1-3H2. The van der Waals surface area contributed by atoms with E-state index in [-0.39, 0.29) is 10.9 Å². The molecule has 0 radical (unpaired) electrons. The van der Waals surface area contributed by atoms with Gasteiger partial charge in [-0.2, -0.15) is 0 Å². The van der Waals surface area contributed by atoms with Gasteiger partial charge in [-0.3, -0.25) is 0 Å². The lowest BCUT2D eigenvalue weighted by atomic mass is 10.2. The summed E-state index contributed by atoms with van der Waals surface area (Å²) in [7, 11) is 0. The monoisotopic (exact) mass is 322 g/mol. The molecule has 0 amide bonds. The molecule has 0 rings (SSSR count). The number of hydrogen-bond acceptors (Lipinski definition) is 1. The second kappa shape index (κ2) is 6.13. The molecule has 56 valence electrons. The Labute approximate surface area is 80.6 Å². The van der Waals surface area contributed by atoms with Crippen LogP contribution in [0.2, 0.25) is 0 Å². The maximum atomic E-state index is 9.14. The Kier molecular flexibility index (Phi) is 7.09. The summed E-state index contributed by atoms with van der Waals surface area (Å²) in [4.78, 5) is 0.205. The van der Waals surface area contributed by atoms with Crippen molar-refractivity contribution >= 4 is 47.8 Å². The van der Waals surface area contributed by atoms with Crippen molar-refractivity contribution in [1.82, 2.24) is 0 Å². The molecule has 2 atom stereocenters. The van der Waals surface area contributed by atoms with Gasteiger partial charge < -0.3 is 5.11 Å². The first kappa shape index (κ1) is 10.4. The van der Waals surface area contributed by atoms with Gasteiger partial charge in [0.05, 0.1) is 6.10 Å². The minimum absolute atomic E-state index is 0.205. The van der Waals surface area contributed by atoms with Crippen LogP contribution in [-0.4, -0.2) is 26.7 Å². The highest BCUT2D eigenvalue weighted by Gasteiger charge is 2.12. The Bertz CT molecular complexity index is 69.2. The van der Waals surface area contributed by atoms with Crippen LogP contribution in [0.1, 0.15) is 6.42 Å². The summed E-state index contributed by atoms with van der Waals surface area (Å²) in [6, 6.07) is 0. The Balaban J connectivity index is 3.32. The molecule has 0 saturated heterocycles. The van der Waals surface area contributed by atoms with E-state index in [4.69, 9.17) is 5.11 Å². The average molecular weight is 325 g/mol. The quantitative estimate of drug-likeness (QED) is 0.787. The second-order valence-electron chi connectivity index (χ2n) is 1.72. The van der Waals surface area contributed by atoms with Gasteiger partial charge in [-0.05, 0) is 6.42 Å². The normalized spacial score (nSPS) is 17.3. The lowest BCUT2D eigenvalue weighted by Gasteiger charge is -2.12. The van der Waals surface area contributed by atoms with Gasteiger partial charge >= 0.3 is 0 Å². The van der Waals surface area contributed by atoms with Gasteiger partial charge in [0.15, 0.2) is 0 Å². The molecule has 0 aromatic heterocycles. The molecule has 0 fully saturated rings. The van der Waals surface area contributed by atoms with Crippen LogP contribution >= 0.6 is 47.8 Å². The first-order valence-corrected chi connectivity index (χ1v) is 5.82. The van der Waals surface area contributed by atoms with Crippen LogP contribution < -0.4 is 0 Å². The van der Waals surface area contributed by atoms with Gasteiger partial charge in [0.1, 0.15) is 0 Å². The number of rotatable bonds is 4. The molecule has 0 aliphatic carbocycles. The van der Waals surface area contributed by atoms with Gasteiger partial charge in [0.2, 0.25) is 0 Å². The zero-order valence-electron chi connectivity index (χ0n) is 4.86. The van der Waals surface area contributed by atoms with E-state index >= 15 is 0 Å². The third kappa shape index (κ3) is 4.76. The molecule has 9 heavy (non-hydrogen) atoms. The molecule has 0 bridgehead atoms. The van der Waals surface area contributed by atoms with E-state index in [2.05, 4.69) is 47.8 Å². The van der Waals surface area contributed by atoms with Crippen LogP contribution in [0, 0.1) is 0 Å². The lowest BCUT2D eigenvalue weighted by molar-refractivity contribution is 0.198. The van der Waals surface area contributed by atoms with Crippen LogP contribution in [0.4, 0.5) is 0 Å². The van der Waals surface area contributed by atoms with Crippen LogP contribution in [0.15, 0.2) is 0 Å². The maximum Gasteiger partial charge on any atom is 0.0762 e. The number of hydrogen-bond donors (Lipinski definition) is 1. The zero-order chi connectivity index (χ0) is 7.28. The number of aliphatic hydroxyl groups excluding tert-OH is 1. The fraction of sp³-hybridized carbons (Fsp3) is 1.00. The predicted molar refractivity (Wildman–Crippen MR) is 50.9 cm³/mol. The van der Waals surface area contributed by atoms with Crippen molar-refractivity contribution in [3.8, 4) is 0 Å². The minimum atomic E-state index is -0.275. The highest BCUT2D eigenvalue weighted by atomic mass is 79.9. The fourth-order valence-electron chi connectivity index (χ4n) is 0.393. The van der Waals surface area contributed by atoms with Crippen molar-refractivity contribution in [3.63, 3.8) is 0 Å². The van der Waals surface area contributed by atoms with E-state index in [0.29, 0.717) is 5.33 Å². The van der Waals surface area contributed by atoms with Crippen molar-refractivity contribution in [2.45, 2.75) is 17.4 Å². The predicted octanol–water partition coefficient (Wildman–Crippen LogP) is 2.29. The molecular weight excluding hydrogens is 316 g/mol. The van der Waals surface area contributed by atoms with Crippen molar-refractivity contribution in [2.24, 2.45) is 0 Å². The van der Waals surface area contributed by atoms with Crippen molar-refractivity contribution in [2.75, 3.05) is 10.7 Å². The van der Waals surface area contributed by atoms with Crippen LogP contribution in [0.25, 0.3) is 0 Å². The van der Waals surface area contributed by atoms with E-state index in [9.17, 15) is 0 Å². The van der Waals surface area contributed by atoms with E-state index in [1.54, 1.807) is 0 Å². The molecule has 0 spiro atoms. The Hall–Kier alpha value is 1.40. The maximum absolute atomic E-state index is 9.14. The van der Waals surface area contributed by atoms with E-state index in [1.165, 1.54) is 0 Å². The molecular formula is C5H9Br3O. The molecule has 0 aliphatic rings. The summed E-state index contributed by atoms with van der Waals surface area (Å²) >= 11 is 9.83. The van der Waals surface area contributed by atoms with Crippen LogP contribution in [0.5, 0.6) is 0 Å². The average Bonchev–Trinajstić information content (AvgIpc) is 1.87. The summed E-state index contributed by atoms with van der Waals surface area (Å²) in [5, 5.41) is 10.7. The number of aliphatic hydroxyl groups is 1. The number of alkyl halides is 3. The Morgan fingerprint density at radius 2 is 1.89 bits per heavy atom. The topological polar surface area (TPSA) is 20.2 Å². The molecule has 0 heterocycles. The van der Waals surface area contributed by atoms with Crippen molar-refractivity contribution in [1.29, 1.82) is 0 Å². The highest BCUT2D eigenvalue weighted by Crippen LogP contribution is 2.13. The summed E-state index contributed by atoms with van der Waals surface area (Å²) < 4.78 is 0. The molecule has 1 N–H and O–H groups in total. The zero-order valence-corrected chi connectivity index (χ0v) is 9.62. The summed E-state index contributed by atoms with van der Waals surface area (Å²) in [6.07, 6.45) is 0.676. The minimum Gasteiger partial charge on any atom is -0.391 e. The molecule has 0 saturated carbocycles. The van der Waals surface area contributed by atoms with Crippen LogP contribution in [-0.2, 0) is 0 Å². The third-order valence-corrected chi connectivity index (χ3v) is 3.15. The lowest BCUT2D eigenvalue weighted by Crippen LogP contribution is -2.21.